The van der Waals surface area contributed by atoms with E-state index in [1.54, 1.807) is 0 Å². The molecule has 1 saturated carbocycles. The molecule has 3 saturated heterocycles. The molecule has 0 amide bonds. The number of likely N-dealkylation sites (tertiary alicyclic amines) is 1. The molecular weight excluding hydrogens is 312 g/mol. The zero-order valence-corrected chi connectivity index (χ0v) is 15.4. The Morgan fingerprint density at radius 2 is 2.00 bits per heavy atom. The molecule has 5 aliphatic rings. The number of fused-ring (bicyclic) bond motifs is 2. The summed E-state index contributed by atoms with van der Waals surface area (Å²) in [7, 11) is 4.39. The number of nitrogens with zero attached hydrogens (tertiary/aromatic N) is 2. The average molecular weight is 340 g/mol. The van der Waals surface area contributed by atoms with E-state index in [0.717, 1.165) is 25.8 Å². The van der Waals surface area contributed by atoms with Crippen molar-refractivity contribution < 1.29 is 9.53 Å². The van der Waals surface area contributed by atoms with Crippen molar-refractivity contribution in [2.45, 2.75) is 50.3 Å². The molecule has 4 bridgehead atoms. The van der Waals surface area contributed by atoms with Gasteiger partial charge in [0.2, 0.25) is 0 Å². The second-order valence-electron chi connectivity index (χ2n) is 8.58. The number of benzene rings is 1. The fourth-order valence-corrected chi connectivity index (χ4v) is 6.45. The Morgan fingerprint density at radius 3 is 2.80 bits per heavy atom. The summed E-state index contributed by atoms with van der Waals surface area (Å²) in [5, 5.41) is 0. The topological polar surface area (TPSA) is 32.8 Å². The molecule has 0 N–H and O–H groups in total. The lowest BCUT2D eigenvalue weighted by atomic mass is 9.63. The van der Waals surface area contributed by atoms with Crippen LogP contribution in [0.2, 0.25) is 0 Å². The molecule has 0 aromatic heterocycles. The van der Waals surface area contributed by atoms with E-state index in [0.29, 0.717) is 23.8 Å². The van der Waals surface area contributed by atoms with E-state index in [4.69, 9.17) is 4.74 Å². The maximum absolute atomic E-state index is 12.9. The zero-order valence-electron chi connectivity index (χ0n) is 15.4. The molecule has 0 spiro atoms. The Balaban J connectivity index is 1.62. The molecule has 7 atom stereocenters. The molecule has 25 heavy (non-hydrogen) atoms. The third kappa shape index (κ3) is 2.06. The molecular formula is C21H28N2O2. The summed E-state index contributed by atoms with van der Waals surface area (Å²) in [5.41, 5.74) is 2.77. The maximum Gasteiger partial charge on any atom is 0.311 e. The molecule has 1 aromatic rings. The summed E-state index contributed by atoms with van der Waals surface area (Å²) in [5.74, 6) is 1.72. The fourth-order valence-electron chi connectivity index (χ4n) is 6.45. The Kier molecular flexibility index (Phi) is 3.43. The maximum atomic E-state index is 12.9. The van der Waals surface area contributed by atoms with Crippen molar-refractivity contribution in [3.8, 4) is 0 Å². The summed E-state index contributed by atoms with van der Waals surface area (Å²) >= 11 is 0. The van der Waals surface area contributed by atoms with Crippen LogP contribution in [0, 0.1) is 17.8 Å². The Morgan fingerprint density at radius 1 is 1.20 bits per heavy atom. The molecule has 1 aromatic carbocycles. The van der Waals surface area contributed by atoms with Gasteiger partial charge in [-0.25, -0.2) is 0 Å². The normalized spacial score (nSPS) is 42.4. The van der Waals surface area contributed by atoms with E-state index >= 15 is 0 Å². The van der Waals surface area contributed by atoms with E-state index in [2.05, 4.69) is 55.1 Å². The van der Waals surface area contributed by atoms with Crippen molar-refractivity contribution in [3.63, 3.8) is 0 Å². The van der Waals surface area contributed by atoms with Gasteiger partial charge >= 0.3 is 5.97 Å². The predicted octanol–water partition coefficient (Wildman–Crippen LogP) is 2.88. The average Bonchev–Trinajstić information content (AvgIpc) is 2.87. The Labute approximate surface area is 150 Å². The van der Waals surface area contributed by atoms with Crippen molar-refractivity contribution >= 4 is 11.7 Å². The number of rotatable bonds is 1. The first-order chi connectivity index (χ1) is 12.1. The molecule has 4 aliphatic heterocycles. The smallest absolute Gasteiger partial charge is 0.311 e. The molecule has 134 valence electrons. The lowest BCUT2D eigenvalue weighted by Crippen LogP contribution is -2.63. The number of esters is 1. The van der Waals surface area contributed by atoms with Gasteiger partial charge in [0.05, 0.1) is 12.0 Å². The lowest BCUT2D eigenvalue weighted by Gasteiger charge is -2.55. The molecule has 6 rings (SSSR count). The van der Waals surface area contributed by atoms with Crippen molar-refractivity contribution in [2.75, 3.05) is 25.5 Å². The van der Waals surface area contributed by atoms with Crippen molar-refractivity contribution in [1.82, 2.24) is 4.90 Å². The molecule has 4 heteroatoms. The quantitative estimate of drug-likeness (QED) is 0.736. The summed E-state index contributed by atoms with van der Waals surface area (Å²) in [6.45, 7) is 3.40. The SMILES string of the molecule is CCC1CN(C)C2CC3c4ccccc4N(C)C3C3CC1C2C(=O)O3. The number of carbonyl (C=O) groups is 1. The van der Waals surface area contributed by atoms with Crippen molar-refractivity contribution in [2.24, 2.45) is 17.8 Å². The summed E-state index contributed by atoms with van der Waals surface area (Å²) < 4.78 is 6.08. The van der Waals surface area contributed by atoms with Gasteiger partial charge in [-0.05, 0) is 43.4 Å². The third-order valence-electron chi connectivity index (χ3n) is 7.59. The van der Waals surface area contributed by atoms with Crippen molar-refractivity contribution in [3.05, 3.63) is 29.8 Å². The van der Waals surface area contributed by atoms with Gasteiger partial charge in [0.25, 0.3) is 0 Å². The first kappa shape index (κ1) is 15.7. The number of piperidine rings is 1. The second-order valence-corrected chi connectivity index (χ2v) is 8.58. The van der Waals surface area contributed by atoms with Crippen LogP contribution in [0.5, 0.6) is 0 Å². The van der Waals surface area contributed by atoms with Crippen LogP contribution in [0.15, 0.2) is 24.3 Å². The first-order valence-electron chi connectivity index (χ1n) is 9.82. The Hall–Kier alpha value is -1.55. The van der Waals surface area contributed by atoms with Gasteiger partial charge in [-0.2, -0.15) is 0 Å². The zero-order chi connectivity index (χ0) is 17.3. The summed E-state index contributed by atoms with van der Waals surface area (Å²) in [6.07, 6.45) is 3.31. The van der Waals surface area contributed by atoms with E-state index in [1.165, 1.54) is 11.3 Å². The van der Waals surface area contributed by atoms with Gasteiger partial charge in [-0.15, -0.1) is 0 Å². The highest BCUT2D eigenvalue weighted by Crippen LogP contribution is 2.53. The van der Waals surface area contributed by atoms with Crippen LogP contribution in [0.25, 0.3) is 0 Å². The lowest BCUT2D eigenvalue weighted by molar-refractivity contribution is -0.183. The number of anilines is 1. The van der Waals surface area contributed by atoms with Crippen LogP contribution in [-0.4, -0.2) is 49.7 Å². The molecule has 4 fully saturated rings. The summed E-state index contributed by atoms with van der Waals surface area (Å²) in [6, 6.07) is 9.38. The molecule has 7 unspecified atom stereocenters. The third-order valence-corrected chi connectivity index (χ3v) is 7.59. The predicted molar refractivity (Wildman–Crippen MR) is 97.7 cm³/mol. The molecule has 4 nitrogen and oxygen atoms in total. The highest BCUT2D eigenvalue weighted by Gasteiger charge is 2.57. The van der Waals surface area contributed by atoms with Gasteiger partial charge in [-0.1, -0.05) is 31.5 Å². The van der Waals surface area contributed by atoms with Crippen LogP contribution in [0.3, 0.4) is 0 Å². The number of para-hydroxylation sites is 1. The minimum Gasteiger partial charge on any atom is -0.460 e. The summed E-state index contributed by atoms with van der Waals surface area (Å²) in [4.78, 5) is 17.8. The Bertz CT molecular complexity index is 705. The highest BCUT2D eigenvalue weighted by molar-refractivity contribution is 5.76. The van der Waals surface area contributed by atoms with Crippen LogP contribution < -0.4 is 4.90 Å². The van der Waals surface area contributed by atoms with Crippen LogP contribution in [0.4, 0.5) is 5.69 Å². The number of ether oxygens (including phenoxy) is 1. The van der Waals surface area contributed by atoms with E-state index < -0.39 is 0 Å². The van der Waals surface area contributed by atoms with E-state index in [9.17, 15) is 4.79 Å². The second kappa shape index (κ2) is 5.47. The highest BCUT2D eigenvalue weighted by atomic mass is 16.5. The standard InChI is InChI=1S/C21H28N2O2/c1-4-12-11-22(2)17-9-15-13-7-5-6-8-16(13)23(3)20(15)18-10-14(12)19(17)21(24)25-18/h5-8,12,14-15,17-20H,4,9-11H2,1-3H3. The van der Waals surface area contributed by atoms with Crippen LogP contribution in [0.1, 0.15) is 37.7 Å². The molecule has 4 heterocycles. The van der Waals surface area contributed by atoms with Gasteiger partial charge in [0.15, 0.2) is 0 Å². The molecule has 0 radical (unpaired) electrons. The van der Waals surface area contributed by atoms with E-state index in [-0.39, 0.29) is 24.0 Å². The minimum atomic E-state index is 0.0366. The largest absolute Gasteiger partial charge is 0.460 e. The number of hydrogen-bond donors (Lipinski definition) is 0. The minimum absolute atomic E-state index is 0.0366. The van der Waals surface area contributed by atoms with Crippen LogP contribution in [-0.2, 0) is 9.53 Å². The van der Waals surface area contributed by atoms with Gasteiger partial charge in [-0.3, -0.25) is 4.79 Å². The number of hydrogen-bond acceptors (Lipinski definition) is 4. The number of carbonyl (C=O) groups excluding carboxylic acids is 1. The van der Waals surface area contributed by atoms with Crippen molar-refractivity contribution in [1.29, 1.82) is 0 Å². The van der Waals surface area contributed by atoms with E-state index in [1.807, 2.05) is 0 Å². The molecule has 1 aliphatic carbocycles. The van der Waals surface area contributed by atoms with Gasteiger partial charge < -0.3 is 14.5 Å². The van der Waals surface area contributed by atoms with Crippen LogP contribution >= 0.6 is 0 Å². The monoisotopic (exact) mass is 340 g/mol. The number of likely N-dealkylation sites (N-methyl/N-ethyl adjacent to an activating group) is 1. The van der Waals surface area contributed by atoms with Gasteiger partial charge in [0, 0.05) is 31.2 Å². The first-order valence-corrected chi connectivity index (χ1v) is 9.82. The van der Waals surface area contributed by atoms with Gasteiger partial charge in [0.1, 0.15) is 6.10 Å². The fraction of sp³-hybridized carbons (Fsp3) is 0.667.